The van der Waals surface area contributed by atoms with Crippen LogP contribution in [0.4, 0.5) is 19.0 Å². The van der Waals surface area contributed by atoms with Crippen molar-refractivity contribution in [2.24, 2.45) is 0 Å². The van der Waals surface area contributed by atoms with Crippen LogP contribution in [0.2, 0.25) is 5.02 Å². The smallest absolute Gasteiger partial charge is 0.387 e. The highest BCUT2D eigenvalue weighted by Crippen LogP contribution is 2.36. The zero-order valence-corrected chi connectivity index (χ0v) is 15.9. The Morgan fingerprint density at radius 3 is 2.39 bits per heavy atom. The van der Waals surface area contributed by atoms with Gasteiger partial charge in [-0.1, -0.05) is 48.0 Å². The molecule has 3 rings (SSSR count). The van der Waals surface area contributed by atoms with Crippen LogP contribution in [0.25, 0.3) is 11.3 Å². The highest BCUT2D eigenvalue weighted by Gasteiger charge is 2.33. The zero-order valence-electron chi connectivity index (χ0n) is 14.3. The predicted octanol–water partition coefficient (Wildman–Crippen LogP) is 5.38. The highest BCUT2D eigenvalue weighted by molar-refractivity contribution is 6.31. The van der Waals surface area contributed by atoms with E-state index in [1.54, 1.807) is 6.07 Å². The van der Waals surface area contributed by atoms with Gasteiger partial charge >= 0.3 is 6.18 Å². The van der Waals surface area contributed by atoms with Crippen molar-refractivity contribution >= 4 is 29.8 Å². The van der Waals surface area contributed by atoms with E-state index in [1.807, 2.05) is 30.3 Å². The summed E-state index contributed by atoms with van der Waals surface area (Å²) in [5.74, 6) is 0.436. The predicted molar refractivity (Wildman–Crippen MR) is 105 cm³/mol. The molecule has 0 radical (unpaired) electrons. The SMILES string of the molecule is Cl.O[C@@H](CNc1cc(-c2ccc(C(F)(F)F)c(Cl)c2)ncn1)c1ccccc1. The molecule has 2 aromatic carbocycles. The first-order chi connectivity index (χ1) is 12.8. The van der Waals surface area contributed by atoms with Gasteiger partial charge in [0.1, 0.15) is 12.1 Å². The number of aromatic nitrogens is 2. The second-order valence-electron chi connectivity index (χ2n) is 5.79. The number of aliphatic hydroxyl groups is 1. The number of hydrogen-bond donors (Lipinski definition) is 2. The zero-order chi connectivity index (χ0) is 19.4. The van der Waals surface area contributed by atoms with Crippen LogP contribution in [-0.2, 0) is 6.18 Å². The summed E-state index contributed by atoms with van der Waals surface area (Å²) >= 11 is 5.76. The first kappa shape index (κ1) is 21.9. The summed E-state index contributed by atoms with van der Waals surface area (Å²) in [6.45, 7) is 0.217. The summed E-state index contributed by atoms with van der Waals surface area (Å²) in [7, 11) is 0. The molecule has 4 nitrogen and oxygen atoms in total. The van der Waals surface area contributed by atoms with E-state index in [9.17, 15) is 18.3 Å². The number of benzene rings is 2. The van der Waals surface area contributed by atoms with Gasteiger partial charge in [0.05, 0.1) is 22.4 Å². The van der Waals surface area contributed by atoms with Gasteiger partial charge in [-0.25, -0.2) is 9.97 Å². The monoisotopic (exact) mass is 429 g/mol. The molecule has 1 atom stereocenters. The third-order valence-electron chi connectivity index (χ3n) is 3.90. The standard InChI is InChI=1S/C19H15ClF3N3O.ClH/c20-15-8-13(6-7-14(15)19(21,22)23)16-9-18(26-11-25-16)24-10-17(27)12-4-2-1-3-5-12;/h1-9,11,17,27H,10H2,(H,24,25,26);1H/t17-;/m0./s1. The third kappa shape index (κ3) is 5.34. The third-order valence-corrected chi connectivity index (χ3v) is 4.21. The van der Waals surface area contributed by atoms with Crippen molar-refractivity contribution in [3.8, 4) is 11.3 Å². The molecule has 0 saturated carbocycles. The fourth-order valence-corrected chi connectivity index (χ4v) is 2.80. The quantitative estimate of drug-likeness (QED) is 0.571. The molecule has 1 heterocycles. The molecule has 0 fully saturated rings. The molecule has 148 valence electrons. The summed E-state index contributed by atoms with van der Waals surface area (Å²) in [6.07, 6.45) is -3.95. The minimum atomic E-state index is -4.51. The minimum absolute atomic E-state index is 0. The average Bonchev–Trinajstić information content (AvgIpc) is 2.66. The van der Waals surface area contributed by atoms with E-state index in [2.05, 4.69) is 15.3 Å². The molecule has 1 aromatic heterocycles. The lowest BCUT2D eigenvalue weighted by Crippen LogP contribution is -2.13. The first-order valence-electron chi connectivity index (χ1n) is 8.00. The summed E-state index contributed by atoms with van der Waals surface area (Å²) in [4.78, 5) is 8.14. The number of rotatable bonds is 5. The molecule has 0 aliphatic heterocycles. The summed E-state index contributed by atoms with van der Waals surface area (Å²) in [6, 6.07) is 14.2. The topological polar surface area (TPSA) is 58.0 Å². The van der Waals surface area contributed by atoms with E-state index in [-0.39, 0.29) is 19.0 Å². The Bertz CT molecular complexity index is 924. The van der Waals surface area contributed by atoms with Crippen molar-refractivity contribution in [2.45, 2.75) is 12.3 Å². The summed E-state index contributed by atoms with van der Waals surface area (Å²) in [5.41, 5.74) is 0.708. The van der Waals surface area contributed by atoms with Crippen LogP contribution < -0.4 is 5.32 Å². The molecule has 3 aromatic rings. The Balaban J connectivity index is 0.00000280. The number of nitrogens with one attached hydrogen (secondary N) is 1. The van der Waals surface area contributed by atoms with Crippen molar-refractivity contribution < 1.29 is 18.3 Å². The lowest BCUT2D eigenvalue weighted by molar-refractivity contribution is -0.137. The Morgan fingerprint density at radius 2 is 1.75 bits per heavy atom. The van der Waals surface area contributed by atoms with Crippen molar-refractivity contribution in [3.05, 3.63) is 77.1 Å². The maximum Gasteiger partial charge on any atom is 0.417 e. The number of nitrogens with zero attached hydrogens (tertiary/aromatic N) is 2. The van der Waals surface area contributed by atoms with E-state index in [1.165, 1.54) is 18.5 Å². The van der Waals surface area contributed by atoms with Crippen LogP contribution in [0.15, 0.2) is 60.9 Å². The van der Waals surface area contributed by atoms with Crippen LogP contribution in [0.1, 0.15) is 17.2 Å². The molecule has 0 unspecified atom stereocenters. The van der Waals surface area contributed by atoms with Gasteiger partial charge in [-0.2, -0.15) is 13.2 Å². The number of anilines is 1. The van der Waals surface area contributed by atoms with E-state index >= 15 is 0 Å². The van der Waals surface area contributed by atoms with Crippen molar-refractivity contribution in [1.29, 1.82) is 0 Å². The van der Waals surface area contributed by atoms with Crippen LogP contribution in [-0.4, -0.2) is 21.6 Å². The lowest BCUT2D eigenvalue weighted by atomic mass is 10.1. The van der Waals surface area contributed by atoms with Crippen molar-refractivity contribution in [2.75, 3.05) is 11.9 Å². The second-order valence-corrected chi connectivity index (χ2v) is 6.20. The van der Waals surface area contributed by atoms with E-state index < -0.39 is 22.9 Å². The minimum Gasteiger partial charge on any atom is -0.387 e. The first-order valence-corrected chi connectivity index (χ1v) is 8.38. The van der Waals surface area contributed by atoms with Gasteiger partial charge in [-0.15, -0.1) is 12.4 Å². The maximum atomic E-state index is 12.8. The fourth-order valence-electron chi connectivity index (χ4n) is 2.51. The molecule has 28 heavy (non-hydrogen) atoms. The van der Waals surface area contributed by atoms with Gasteiger partial charge in [0.15, 0.2) is 0 Å². The molecule has 9 heteroatoms. The van der Waals surface area contributed by atoms with E-state index in [0.717, 1.165) is 11.6 Å². The normalized spacial score (nSPS) is 12.2. The fraction of sp³-hybridized carbons (Fsp3) is 0.158. The molecule has 0 aliphatic carbocycles. The van der Waals surface area contributed by atoms with Gasteiger partial charge in [-0.3, -0.25) is 0 Å². The molecule has 2 N–H and O–H groups in total. The van der Waals surface area contributed by atoms with Crippen LogP contribution in [0, 0.1) is 0 Å². The maximum absolute atomic E-state index is 12.8. The second kappa shape index (κ2) is 9.23. The van der Waals surface area contributed by atoms with E-state index in [4.69, 9.17) is 11.6 Å². The largest absolute Gasteiger partial charge is 0.417 e. The van der Waals surface area contributed by atoms with Gasteiger partial charge in [-0.05, 0) is 17.7 Å². The average molecular weight is 430 g/mol. The lowest BCUT2D eigenvalue weighted by Gasteiger charge is -2.13. The number of alkyl halides is 3. The van der Waals surface area contributed by atoms with Gasteiger partial charge in [0.2, 0.25) is 0 Å². The van der Waals surface area contributed by atoms with Gasteiger partial charge in [0.25, 0.3) is 0 Å². The molecule has 0 bridgehead atoms. The highest BCUT2D eigenvalue weighted by atomic mass is 35.5. The van der Waals surface area contributed by atoms with Crippen LogP contribution in [0.3, 0.4) is 0 Å². The number of hydrogen-bond acceptors (Lipinski definition) is 4. The number of halogens is 5. The van der Waals surface area contributed by atoms with Crippen LogP contribution >= 0.6 is 24.0 Å². The molecule has 0 saturated heterocycles. The Morgan fingerprint density at radius 1 is 1.04 bits per heavy atom. The van der Waals surface area contributed by atoms with Crippen molar-refractivity contribution in [3.63, 3.8) is 0 Å². The number of aliphatic hydroxyl groups excluding tert-OH is 1. The van der Waals surface area contributed by atoms with Crippen LogP contribution in [0.5, 0.6) is 0 Å². The van der Waals surface area contributed by atoms with E-state index in [0.29, 0.717) is 17.1 Å². The Kier molecular flexibility index (Phi) is 7.23. The van der Waals surface area contributed by atoms with Gasteiger partial charge in [0, 0.05) is 18.2 Å². The molecule has 0 amide bonds. The van der Waals surface area contributed by atoms with Gasteiger partial charge < -0.3 is 10.4 Å². The molecule has 0 aliphatic rings. The summed E-state index contributed by atoms with van der Waals surface area (Å²) < 4.78 is 38.5. The Labute approximate surface area is 170 Å². The molecular weight excluding hydrogens is 414 g/mol. The molecule has 0 spiro atoms. The molecular formula is C19H16Cl2F3N3O. The summed E-state index contributed by atoms with van der Waals surface area (Å²) in [5, 5.41) is 12.8. The van der Waals surface area contributed by atoms with Crippen molar-refractivity contribution in [1.82, 2.24) is 9.97 Å². The Hall–Kier alpha value is -2.35.